The molecule has 1 aromatic carbocycles. The molecule has 2 aromatic heterocycles. The first-order chi connectivity index (χ1) is 13.1. The van der Waals surface area contributed by atoms with Crippen LogP contribution >= 0.6 is 23.6 Å². The van der Waals surface area contributed by atoms with Gasteiger partial charge in [-0.15, -0.1) is 11.3 Å². The van der Waals surface area contributed by atoms with Crippen LogP contribution in [0.3, 0.4) is 0 Å². The van der Waals surface area contributed by atoms with Gasteiger partial charge in [-0.05, 0) is 54.2 Å². The van der Waals surface area contributed by atoms with Gasteiger partial charge in [-0.2, -0.15) is 5.10 Å². The van der Waals surface area contributed by atoms with Crippen LogP contribution in [0.5, 0.6) is 0 Å². The third-order valence-electron chi connectivity index (χ3n) is 4.60. The summed E-state index contributed by atoms with van der Waals surface area (Å²) >= 11 is 6.91. The lowest BCUT2D eigenvalue weighted by atomic mass is 10.2. The smallest absolute Gasteiger partial charge is 0.224 e. The molecular formula is C19H19FN4OS2. The Morgan fingerprint density at radius 1 is 1.37 bits per heavy atom. The molecule has 4 rings (SSSR count). The van der Waals surface area contributed by atoms with Gasteiger partial charge in [-0.25, -0.2) is 4.39 Å². The van der Waals surface area contributed by atoms with E-state index in [1.54, 1.807) is 17.4 Å². The Balaban J connectivity index is 1.47. The number of halogens is 1. The highest BCUT2D eigenvalue weighted by molar-refractivity contribution is 7.71. The molecule has 0 aliphatic heterocycles. The van der Waals surface area contributed by atoms with Gasteiger partial charge in [-0.1, -0.05) is 18.2 Å². The Morgan fingerprint density at radius 2 is 2.22 bits per heavy atom. The summed E-state index contributed by atoms with van der Waals surface area (Å²) in [7, 11) is 0. The maximum absolute atomic E-state index is 13.5. The van der Waals surface area contributed by atoms with Crippen LogP contribution in [0.15, 0.2) is 41.8 Å². The first kappa shape index (κ1) is 18.1. The topological polar surface area (TPSA) is 53.9 Å². The number of hydrogen-bond acceptors (Lipinski definition) is 4. The summed E-state index contributed by atoms with van der Waals surface area (Å²) < 4.78 is 15.8. The molecule has 1 fully saturated rings. The number of amides is 1. The van der Waals surface area contributed by atoms with E-state index >= 15 is 0 Å². The summed E-state index contributed by atoms with van der Waals surface area (Å²) in [4.78, 5) is 15.7. The molecule has 0 atom stereocenters. The Kier molecular flexibility index (Phi) is 5.18. The van der Waals surface area contributed by atoms with E-state index in [1.165, 1.54) is 12.1 Å². The normalized spacial score (nSPS) is 13.7. The quantitative estimate of drug-likeness (QED) is 0.597. The van der Waals surface area contributed by atoms with E-state index in [0.29, 0.717) is 24.3 Å². The molecule has 5 nitrogen and oxygen atoms in total. The third-order valence-corrected chi connectivity index (χ3v) is 5.78. The summed E-state index contributed by atoms with van der Waals surface area (Å²) in [6.07, 6.45) is 2.34. The van der Waals surface area contributed by atoms with Gasteiger partial charge in [0.1, 0.15) is 5.82 Å². The minimum atomic E-state index is -0.277. The van der Waals surface area contributed by atoms with Crippen molar-refractivity contribution in [2.24, 2.45) is 0 Å². The maximum Gasteiger partial charge on any atom is 0.224 e. The molecular weight excluding hydrogens is 383 g/mol. The second-order valence-electron chi connectivity index (χ2n) is 6.61. The highest BCUT2D eigenvalue weighted by Gasteiger charge is 2.32. The van der Waals surface area contributed by atoms with Crippen LogP contribution in [0.25, 0.3) is 10.7 Å². The van der Waals surface area contributed by atoms with Crippen molar-refractivity contribution >= 4 is 29.5 Å². The minimum absolute atomic E-state index is 0.0574. The van der Waals surface area contributed by atoms with Gasteiger partial charge in [0.2, 0.25) is 5.91 Å². The fraction of sp³-hybridized carbons (Fsp3) is 0.316. The predicted molar refractivity (Wildman–Crippen MR) is 105 cm³/mol. The molecule has 0 saturated heterocycles. The number of H-pyrrole nitrogens is 1. The number of thiophene rings is 1. The van der Waals surface area contributed by atoms with Gasteiger partial charge < -0.3 is 4.90 Å². The van der Waals surface area contributed by atoms with E-state index in [0.717, 1.165) is 29.1 Å². The van der Waals surface area contributed by atoms with E-state index in [-0.39, 0.29) is 17.8 Å². The van der Waals surface area contributed by atoms with Crippen LogP contribution < -0.4 is 0 Å². The van der Waals surface area contributed by atoms with Gasteiger partial charge in [0.15, 0.2) is 10.6 Å². The zero-order valence-corrected chi connectivity index (χ0v) is 16.2. The van der Waals surface area contributed by atoms with Crippen molar-refractivity contribution in [1.29, 1.82) is 0 Å². The molecule has 1 amide bonds. The fourth-order valence-electron chi connectivity index (χ4n) is 3.11. The highest BCUT2D eigenvalue weighted by Crippen LogP contribution is 2.29. The van der Waals surface area contributed by atoms with Gasteiger partial charge in [-0.3, -0.25) is 14.5 Å². The minimum Gasteiger partial charge on any atom is -0.335 e. The van der Waals surface area contributed by atoms with Crippen molar-refractivity contribution in [3.63, 3.8) is 0 Å². The van der Waals surface area contributed by atoms with Crippen LogP contribution in [-0.2, 0) is 17.9 Å². The lowest BCUT2D eigenvalue weighted by Gasteiger charge is -2.23. The second-order valence-corrected chi connectivity index (χ2v) is 7.95. The SMILES string of the molecule is O=C(CCn1c(-c2cccs2)n[nH]c1=S)N(Cc1cccc(F)c1)C1CC1. The Morgan fingerprint density at radius 3 is 2.93 bits per heavy atom. The molecule has 8 heteroatoms. The molecule has 1 N–H and O–H groups in total. The third kappa shape index (κ3) is 4.17. The monoisotopic (exact) mass is 402 g/mol. The average Bonchev–Trinajstić information content (AvgIpc) is 3.21. The van der Waals surface area contributed by atoms with E-state index in [1.807, 2.05) is 33.0 Å². The first-order valence-corrected chi connectivity index (χ1v) is 10.1. The summed E-state index contributed by atoms with van der Waals surface area (Å²) in [6.45, 7) is 0.906. The Hall–Kier alpha value is -2.32. The van der Waals surface area contributed by atoms with Gasteiger partial charge >= 0.3 is 0 Å². The number of hydrogen-bond donors (Lipinski definition) is 1. The summed E-state index contributed by atoms with van der Waals surface area (Å²) in [5.41, 5.74) is 0.814. The Labute approximate surface area is 165 Å². The van der Waals surface area contributed by atoms with E-state index in [4.69, 9.17) is 12.2 Å². The number of rotatable bonds is 7. The molecule has 0 unspecified atom stereocenters. The van der Waals surface area contributed by atoms with Gasteiger partial charge in [0.25, 0.3) is 0 Å². The predicted octanol–water partition coefficient (Wildman–Crippen LogP) is 4.39. The zero-order valence-electron chi connectivity index (χ0n) is 14.6. The summed E-state index contributed by atoms with van der Waals surface area (Å²) in [5, 5.41) is 9.09. The van der Waals surface area contributed by atoms with Crippen molar-refractivity contribution < 1.29 is 9.18 Å². The molecule has 0 bridgehead atoms. The number of carbonyl (C=O) groups excluding carboxylic acids is 1. The molecule has 140 valence electrons. The molecule has 2 heterocycles. The van der Waals surface area contributed by atoms with Crippen molar-refractivity contribution in [3.05, 3.63) is 57.9 Å². The summed E-state index contributed by atoms with van der Waals surface area (Å²) in [6, 6.07) is 10.6. The molecule has 0 radical (unpaired) electrons. The summed E-state index contributed by atoms with van der Waals surface area (Å²) in [5.74, 6) is 0.536. The Bertz CT molecular complexity index is 991. The maximum atomic E-state index is 13.5. The number of carbonyl (C=O) groups is 1. The van der Waals surface area contributed by atoms with Gasteiger partial charge in [0, 0.05) is 25.6 Å². The van der Waals surface area contributed by atoms with Crippen LogP contribution in [0, 0.1) is 10.6 Å². The second kappa shape index (κ2) is 7.74. The van der Waals surface area contributed by atoms with E-state index in [9.17, 15) is 9.18 Å². The number of nitrogens with zero attached hydrogens (tertiary/aromatic N) is 3. The van der Waals surface area contributed by atoms with E-state index in [2.05, 4.69) is 10.2 Å². The molecule has 1 aliphatic rings. The van der Waals surface area contributed by atoms with E-state index < -0.39 is 0 Å². The van der Waals surface area contributed by atoms with Crippen molar-refractivity contribution in [3.8, 4) is 10.7 Å². The van der Waals surface area contributed by atoms with Crippen molar-refractivity contribution in [1.82, 2.24) is 19.7 Å². The lowest BCUT2D eigenvalue weighted by molar-refractivity contribution is -0.132. The van der Waals surface area contributed by atoms with Crippen LogP contribution in [0.2, 0.25) is 0 Å². The van der Waals surface area contributed by atoms with Crippen LogP contribution in [0.4, 0.5) is 4.39 Å². The molecule has 0 spiro atoms. The molecule has 1 saturated carbocycles. The highest BCUT2D eigenvalue weighted by atomic mass is 32.1. The van der Waals surface area contributed by atoms with Crippen molar-refractivity contribution in [2.45, 2.75) is 38.4 Å². The molecule has 3 aromatic rings. The number of benzene rings is 1. The largest absolute Gasteiger partial charge is 0.335 e. The number of aromatic nitrogens is 3. The number of aromatic amines is 1. The lowest BCUT2D eigenvalue weighted by Crippen LogP contribution is -2.33. The van der Waals surface area contributed by atoms with Crippen LogP contribution in [0.1, 0.15) is 24.8 Å². The zero-order chi connectivity index (χ0) is 18.8. The average molecular weight is 403 g/mol. The molecule has 1 aliphatic carbocycles. The van der Waals surface area contributed by atoms with Gasteiger partial charge in [0.05, 0.1) is 4.88 Å². The van der Waals surface area contributed by atoms with Crippen molar-refractivity contribution in [2.75, 3.05) is 0 Å². The van der Waals surface area contributed by atoms with Crippen LogP contribution in [-0.4, -0.2) is 31.6 Å². The molecule has 27 heavy (non-hydrogen) atoms. The number of nitrogens with one attached hydrogen (secondary N) is 1. The standard InChI is InChI=1S/C19H19FN4OS2/c20-14-4-1-3-13(11-14)12-24(15-6-7-15)17(25)8-9-23-18(21-22-19(23)26)16-5-2-10-27-16/h1-5,10-11,15H,6-9,12H2,(H,22,26). The first-order valence-electron chi connectivity index (χ1n) is 8.85. The fourth-order valence-corrected chi connectivity index (χ4v) is 4.05.